The fourth-order valence-electron chi connectivity index (χ4n) is 0.431. The molecule has 0 aromatic heterocycles. The van der Waals surface area contributed by atoms with Crippen molar-refractivity contribution in [2.75, 3.05) is 5.75 Å². The molecule has 0 aliphatic rings. The van der Waals surface area contributed by atoms with Crippen LogP contribution in [0.25, 0.3) is 0 Å². The molecule has 0 fully saturated rings. The molecule has 12 heavy (non-hydrogen) atoms. The second-order valence-electron chi connectivity index (χ2n) is 1.77. The number of carbonyl (C=O) groups is 2. The molecule has 7 heteroatoms. The van der Waals surface area contributed by atoms with Gasteiger partial charge in [-0.2, -0.15) is 12.6 Å². The number of carboxylic acid groups (broad SMARTS) is 1. The number of thiol groups is 1. The molecule has 0 aromatic carbocycles. The SMILES string of the molecule is CC(=O)N[C@@H](CS)C(=O)O.N.[Ca]. The van der Waals surface area contributed by atoms with Crippen LogP contribution in [0.2, 0.25) is 0 Å². The molecular weight excluding hydrogens is 208 g/mol. The van der Waals surface area contributed by atoms with Gasteiger partial charge in [0.05, 0.1) is 0 Å². The monoisotopic (exact) mass is 220 g/mol. The molecule has 1 amide bonds. The Hall–Kier alpha value is 0.510. The largest absolute Gasteiger partial charge is 0.480 e. The van der Waals surface area contributed by atoms with Crippen molar-refractivity contribution in [1.29, 1.82) is 0 Å². The maximum absolute atomic E-state index is 10.3. The quantitative estimate of drug-likeness (QED) is 0.372. The first-order valence-electron chi connectivity index (χ1n) is 2.68. The summed E-state index contributed by atoms with van der Waals surface area (Å²) < 4.78 is 0. The number of rotatable bonds is 3. The molecule has 2 radical (unpaired) electrons. The van der Waals surface area contributed by atoms with Gasteiger partial charge in [0.25, 0.3) is 0 Å². The standard InChI is InChI=1S/C5H9NO3S.Ca.H3N/c1-3(7)6-4(2-10)5(8)9;;/h4,10H,2H2,1H3,(H,6,7)(H,8,9);;1H3/t4-;;/m0../s1. The normalized spacial score (nSPS) is 10.2. The minimum atomic E-state index is -1.06. The van der Waals surface area contributed by atoms with Crippen LogP contribution in [-0.2, 0) is 9.59 Å². The number of hydrogen-bond acceptors (Lipinski definition) is 4. The number of hydrogen-bond donors (Lipinski definition) is 4. The first-order chi connectivity index (χ1) is 4.57. The van der Waals surface area contributed by atoms with Crippen LogP contribution in [0.1, 0.15) is 6.92 Å². The van der Waals surface area contributed by atoms with Crippen LogP contribution in [0.4, 0.5) is 0 Å². The Morgan fingerprint density at radius 2 is 2.00 bits per heavy atom. The number of carboxylic acids is 1. The van der Waals surface area contributed by atoms with Crippen molar-refractivity contribution in [1.82, 2.24) is 11.5 Å². The number of amides is 1. The summed E-state index contributed by atoms with van der Waals surface area (Å²) in [5.74, 6) is -1.32. The van der Waals surface area contributed by atoms with Gasteiger partial charge < -0.3 is 16.6 Å². The van der Waals surface area contributed by atoms with Gasteiger partial charge in [-0.25, -0.2) is 4.79 Å². The Kier molecular flexibility index (Phi) is 14.7. The van der Waals surface area contributed by atoms with E-state index >= 15 is 0 Å². The molecule has 0 aromatic rings. The van der Waals surface area contributed by atoms with Gasteiger partial charge in [0.15, 0.2) is 0 Å². The number of nitrogens with one attached hydrogen (secondary N) is 1. The molecule has 0 heterocycles. The van der Waals surface area contributed by atoms with E-state index in [9.17, 15) is 9.59 Å². The van der Waals surface area contributed by atoms with Gasteiger partial charge in [-0.15, -0.1) is 0 Å². The Morgan fingerprint density at radius 1 is 1.58 bits per heavy atom. The van der Waals surface area contributed by atoms with Crippen molar-refractivity contribution in [3.05, 3.63) is 0 Å². The zero-order chi connectivity index (χ0) is 8.15. The minimum absolute atomic E-state index is 0. The fourth-order valence-corrected chi connectivity index (χ4v) is 0.678. The second-order valence-corrected chi connectivity index (χ2v) is 2.14. The summed E-state index contributed by atoms with van der Waals surface area (Å²) in [5, 5.41) is 10.6. The zero-order valence-electron chi connectivity index (χ0n) is 6.91. The predicted molar refractivity (Wildman–Crippen MR) is 49.9 cm³/mol. The third kappa shape index (κ3) is 8.60. The van der Waals surface area contributed by atoms with E-state index in [4.69, 9.17) is 5.11 Å². The summed E-state index contributed by atoms with van der Waals surface area (Å²) in [6.07, 6.45) is 0. The molecule has 0 spiro atoms. The molecule has 0 saturated carbocycles. The van der Waals surface area contributed by atoms with Crippen LogP contribution < -0.4 is 11.5 Å². The van der Waals surface area contributed by atoms with E-state index in [0.717, 1.165) is 0 Å². The van der Waals surface area contributed by atoms with Crippen molar-refractivity contribution in [3.63, 3.8) is 0 Å². The van der Waals surface area contributed by atoms with E-state index in [1.165, 1.54) is 6.92 Å². The summed E-state index contributed by atoms with van der Waals surface area (Å²) in [5.41, 5.74) is 0. The maximum atomic E-state index is 10.3. The molecule has 0 rings (SSSR count). The average molecular weight is 220 g/mol. The van der Waals surface area contributed by atoms with E-state index < -0.39 is 12.0 Å². The molecule has 0 saturated heterocycles. The molecule has 0 bridgehead atoms. The third-order valence-corrected chi connectivity index (χ3v) is 1.22. The molecule has 0 unspecified atom stereocenters. The smallest absolute Gasteiger partial charge is 0.327 e. The van der Waals surface area contributed by atoms with Gasteiger partial charge in [0, 0.05) is 50.4 Å². The van der Waals surface area contributed by atoms with E-state index in [0.29, 0.717) is 0 Å². The summed E-state index contributed by atoms with van der Waals surface area (Å²) in [4.78, 5) is 20.5. The number of aliphatic carboxylic acids is 1. The zero-order valence-corrected chi connectivity index (χ0v) is 10.0. The topological polar surface area (TPSA) is 101 Å². The van der Waals surface area contributed by atoms with Crippen LogP contribution in [0.5, 0.6) is 0 Å². The van der Waals surface area contributed by atoms with Gasteiger partial charge in [0.1, 0.15) is 6.04 Å². The fraction of sp³-hybridized carbons (Fsp3) is 0.600. The Morgan fingerprint density at radius 3 is 2.08 bits per heavy atom. The molecule has 0 aliphatic carbocycles. The molecule has 68 valence electrons. The van der Waals surface area contributed by atoms with Gasteiger partial charge in [0.2, 0.25) is 5.91 Å². The van der Waals surface area contributed by atoms with Gasteiger partial charge in [-0.1, -0.05) is 0 Å². The van der Waals surface area contributed by atoms with Crippen LogP contribution >= 0.6 is 12.6 Å². The van der Waals surface area contributed by atoms with Gasteiger partial charge in [-0.05, 0) is 0 Å². The van der Waals surface area contributed by atoms with Crippen molar-refractivity contribution < 1.29 is 14.7 Å². The molecule has 1 atom stereocenters. The van der Waals surface area contributed by atoms with Gasteiger partial charge >= 0.3 is 5.97 Å². The maximum Gasteiger partial charge on any atom is 0.327 e. The van der Waals surface area contributed by atoms with E-state index in [2.05, 4.69) is 17.9 Å². The summed E-state index contributed by atoms with van der Waals surface area (Å²) in [6, 6.07) is -0.874. The molecule has 5 N–H and O–H groups in total. The summed E-state index contributed by atoms with van der Waals surface area (Å²) in [6.45, 7) is 1.26. The second kappa shape index (κ2) is 9.60. The van der Waals surface area contributed by atoms with Crippen LogP contribution in [-0.4, -0.2) is 66.5 Å². The molecule has 5 nitrogen and oxygen atoms in total. The first kappa shape index (κ1) is 18.3. The molecule has 0 aliphatic heterocycles. The van der Waals surface area contributed by atoms with Crippen molar-refractivity contribution in [2.45, 2.75) is 13.0 Å². The van der Waals surface area contributed by atoms with Crippen molar-refractivity contribution >= 4 is 62.2 Å². The van der Waals surface area contributed by atoms with Crippen LogP contribution in [0.3, 0.4) is 0 Å². The van der Waals surface area contributed by atoms with E-state index in [1.54, 1.807) is 0 Å². The summed E-state index contributed by atoms with van der Waals surface area (Å²) in [7, 11) is 0. The number of carbonyl (C=O) groups excluding carboxylic acids is 1. The Labute approximate surface area is 106 Å². The summed E-state index contributed by atoms with van der Waals surface area (Å²) >= 11 is 3.73. The average Bonchev–Trinajstić information content (AvgIpc) is 1.81. The molecular formula is C5H12CaN2O3S. The predicted octanol–water partition coefficient (Wildman–Crippen LogP) is -0.713. The van der Waals surface area contributed by atoms with Crippen molar-refractivity contribution in [2.24, 2.45) is 0 Å². The van der Waals surface area contributed by atoms with E-state index in [1.807, 2.05) is 0 Å². The van der Waals surface area contributed by atoms with Crippen LogP contribution in [0, 0.1) is 0 Å². The Balaban J connectivity index is -0.000000405. The van der Waals surface area contributed by atoms with Crippen molar-refractivity contribution in [3.8, 4) is 0 Å². The Bertz CT molecular complexity index is 156. The van der Waals surface area contributed by atoms with E-state index in [-0.39, 0.29) is 55.5 Å². The third-order valence-electron chi connectivity index (χ3n) is 0.858. The minimum Gasteiger partial charge on any atom is -0.480 e. The van der Waals surface area contributed by atoms with Gasteiger partial charge in [-0.3, -0.25) is 4.79 Å². The first-order valence-corrected chi connectivity index (χ1v) is 3.32. The van der Waals surface area contributed by atoms with Crippen LogP contribution in [0.15, 0.2) is 0 Å².